The molecule has 1 N–H and O–H groups in total. The van der Waals surface area contributed by atoms with Crippen LogP contribution in [-0.4, -0.2) is 17.7 Å². The average Bonchev–Trinajstić information content (AvgIpc) is 2.11. The fourth-order valence-corrected chi connectivity index (χ4v) is 1.46. The van der Waals surface area contributed by atoms with Crippen LogP contribution in [0.25, 0.3) is 0 Å². The van der Waals surface area contributed by atoms with Gasteiger partial charge >= 0.3 is 5.97 Å². The summed E-state index contributed by atoms with van der Waals surface area (Å²) in [5.41, 5.74) is 0.0695. The molecule has 0 saturated heterocycles. The minimum atomic E-state index is -1.05. The molecule has 14 heavy (non-hydrogen) atoms. The maximum Gasteiger partial charge on any atom is 0.339 e. The molecule has 0 fully saturated rings. The number of benzene rings is 1. The Hall–Kier alpha value is -0.740. The first kappa shape index (κ1) is 11.3. The fourth-order valence-electron chi connectivity index (χ4n) is 0.971. The maximum atomic E-state index is 10.8. The van der Waals surface area contributed by atoms with Crippen molar-refractivity contribution in [3.8, 4) is 5.75 Å². The van der Waals surface area contributed by atoms with E-state index in [1.165, 1.54) is 6.07 Å². The van der Waals surface area contributed by atoms with E-state index >= 15 is 0 Å². The van der Waals surface area contributed by atoms with E-state index < -0.39 is 5.97 Å². The second-order valence-electron chi connectivity index (χ2n) is 2.50. The van der Waals surface area contributed by atoms with Gasteiger partial charge < -0.3 is 9.84 Å². The summed E-state index contributed by atoms with van der Waals surface area (Å²) >= 11 is 8.96. The van der Waals surface area contributed by atoms with Crippen LogP contribution in [0.4, 0.5) is 0 Å². The Balaban J connectivity index is 3.24. The molecular formula is C9H8BrClO3. The van der Waals surface area contributed by atoms with Gasteiger partial charge in [0.15, 0.2) is 0 Å². The number of carboxylic acid groups (broad SMARTS) is 1. The minimum absolute atomic E-state index is 0.0695. The van der Waals surface area contributed by atoms with Crippen molar-refractivity contribution < 1.29 is 14.6 Å². The summed E-state index contributed by atoms with van der Waals surface area (Å²) in [6, 6.07) is 2.91. The highest BCUT2D eigenvalue weighted by Crippen LogP contribution is 2.30. The van der Waals surface area contributed by atoms with Crippen LogP contribution in [-0.2, 0) is 0 Å². The number of carboxylic acids is 1. The van der Waals surface area contributed by atoms with Crippen LogP contribution >= 0.6 is 27.5 Å². The minimum Gasteiger partial charge on any atom is -0.493 e. The summed E-state index contributed by atoms with van der Waals surface area (Å²) in [6.45, 7) is 2.20. The molecule has 0 bridgehead atoms. The lowest BCUT2D eigenvalue weighted by Gasteiger charge is -2.08. The molecule has 76 valence electrons. The smallest absolute Gasteiger partial charge is 0.339 e. The van der Waals surface area contributed by atoms with Crippen LogP contribution in [0.3, 0.4) is 0 Å². The van der Waals surface area contributed by atoms with Crippen molar-refractivity contribution in [3.63, 3.8) is 0 Å². The third-order valence-corrected chi connectivity index (χ3v) is 2.75. The zero-order valence-corrected chi connectivity index (χ0v) is 9.72. The molecule has 0 aliphatic heterocycles. The zero-order chi connectivity index (χ0) is 10.7. The zero-order valence-electron chi connectivity index (χ0n) is 7.38. The van der Waals surface area contributed by atoms with Gasteiger partial charge in [0.05, 0.1) is 11.6 Å². The van der Waals surface area contributed by atoms with E-state index in [9.17, 15) is 4.79 Å². The van der Waals surface area contributed by atoms with E-state index in [4.69, 9.17) is 21.4 Å². The molecule has 0 radical (unpaired) electrons. The van der Waals surface area contributed by atoms with Crippen molar-refractivity contribution in [2.24, 2.45) is 0 Å². The van der Waals surface area contributed by atoms with Gasteiger partial charge in [-0.3, -0.25) is 0 Å². The molecule has 1 aromatic rings. The van der Waals surface area contributed by atoms with Crippen molar-refractivity contribution in [2.45, 2.75) is 6.92 Å². The van der Waals surface area contributed by atoms with Crippen molar-refractivity contribution in [1.82, 2.24) is 0 Å². The lowest BCUT2D eigenvalue weighted by Crippen LogP contribution is -2.02. The molecule has 0 saturated carbocycles. The van der Waals surface area contributed by atoms with Crippen molar-refractivity contribution >= 4 is 33.5 Å². The van der Waals surface area contributed by atoms with Crippen molar-refractivity contribution in [1.29, 1.82) is 0 Å². The van der Waals surface area contributed by atoms with Gasteiger partial charge in [-0.25, -0.2) is 4.79 Å². The Bertz CT molecular complexity index is 365. The Morgan fingerprint density at radius 3 is 2.79 bits per heavy atom. The highest BCUT2D eigenvalue weighted by Gasteiger charge is 2.13. The quantitative estimate of drug-likeness (QED) is 0.924. The summed E-state index contributed by atoms with van der Waals surface area (Å²) in [5, 5.41) is 9.21. The fraction of sp³-hybridized carbons (Fsp3) is 0.222. The first-order chi connectivity index (χ1) is 6.56. The number of hydrogen-bond acceptors (Lipinski definition) is 2. The Morgan fingerprint density at radius 2 is 2.29 bits per heavy atom. The van der Waals surface area contributed by atoms with E-state index in [0.29, 0.717) is 21.9 Å². The van der Waals surface area contributed by atoms with Crippen LogP contribution in [0.5, 0.6) is 5.75 Å². The van der Waals surface area contributed by atoms with Gasteiger partial charge in [0.25, 0.3) is 0 Å². The molecule has 0 unspecified atom stereocenters. The summed E-state index contributed by atoms with van der Waals surface area (Å²) in [4.78, 5) is 10.8. The average molecular weight is 280 g/mol. The van der Waals surface area contributed by atoms with Gasteiger partial charge in [0, 0.05) is 4.47 Å². The van der Waals surface area contributed by atoms with Gasteiger partial charge in [-0.05, 0) is 35.0 Å². The number of halogens is 2. The monoisotopic (exact) mass is 278 g/mol. The van der Waals surface area contributed by atoms with Crippen LogP contribution in [0, 0.1) is 0 Å². The van der Waals surface area contributed by atoms with Crippen LogP contribution in [0.2, 0.25) is 5.02 Å². The maximum absolute atomic E-state index is 10.8. The lowest BCUT2D eigenvalue weighted by molar-refractivity contribution is 0.0692. The highest BCUT2D eigenvalue weighted by molar-refractivity contribution is 9.10. The van der Waals surface area contributed by atoms with E-state index in [1.54, 1.807) is 13.0 Å². The van der Waals surface area contributed by atoms with E-state index in [0.717, 1.165) is 0 Å². The highest BCUT2D eigenvalue weighted by atomic mass is 79.9. The molecule has 0 heterocycles. The van der Waals surface area contributed by atoms with Crippen LogP contribution in [0.15, 0.2) is 16.6 Å². The molecule has 0 amide bonds. The lowest BCUT2D eigenvalue weighted by atomic mass is 10.2. The summed E-state index contributed by atoms with van der Waals surface area (Å²) < 4.78 is 5.78. The Kier molecular flexibility index (Phi) is 3.77. The van der Waals surface area contributed by atoms with E-state index in [-0.39, 0.29) is 5.56 Å². The Morgan fingerprint density at radius 1 is 1.64 bits per heavy atom. The molecule has 5 heteroatoms. The molecule has 3 nitrogen and oxygen atoms in total. The summed E-state index contributed by atoms with van der Waals surface area (Å²) in [6.07, 6.45) is 0. The van der Waals surface area contributed by atoms with Crippen LogP contribution in [0.1, 0.15) is 17.3 Å². The van der Waals surface area contributed by atoms with Gasteiger partial charge in [-0.1, -0.05) is 11.6 Å². The van der Waals surface area contributed by atoms with Gasteiger partial charge in [0.2, 0.25) is 0 Å². The third kappa shape index (κ3) is 2.39. The standard InChI is InChI=1S/C9H8BrClO3/c1-2-14-8-4-6(10)7(11)3-5(8)9(12)13/h3-4H,2H2,1H3,(H,12,13). The molecule has 0 aliphatic rings. The predicted molar refractivity (Wildman–Crippen MR) is 57.3 cm³/mol. The van der Waals surface area contributed by atoms with Crippen molar-refractivity contribution in [3.05, 3.63) is 27.2 Å². The summed E-state index contributed by atoms with van der Waals surface area (Å²) in [5.74, 6) is -0.737. The van der Waals surface area contributed by atoms with Crippen molar-refractivity contribution in [2.75, 3.05) is 6.61 Å². The molecule has 0 spiro atoms. The SMILES string of the molecule is CCOc1cc(Br)c(Cl)cc1C(=O)O. The molecule has 0 atom stereocenters. The summed E-state index contributed by atoms with van der Waals surface area (Å²) in [7, 11) is 0. The molecular weight excluding hydrogens is 271 g/mol. The van der Waals surface area contributed by atoms with E-state index in [1.807, 2.05) is 0 Å². The Labute approximate surface area is 94.8 Å². The second-order valence-corrected chi connectivity index (χ2v) is 3.76. The first-order valence-electron chi connectivity index (χ1n) is 3.91. The van der Waals surface area contributed by atoms with Gasteiger partial charge in [-0.2, -0.15) is 0 Å². The van der Waals surface area contributed by atoms with Gasteiger partial charge in [0.1, 0.15) is 11.3 Å². The number of hydrogen-bond donors (Lipinski definition) is 1. The van der Waals surface area contributed by atoms with E-state index in [2.05, 4.69) is 15.9 Å². The molecule has 0 aromatic heterocycles. The first-order valence-corrected chi connectivity index (χ1v) is 5.08. The topological polar surface area (TPSA) is 46.5 Å². The van der Waals surface area contributed by atoms with Gasteiger partial charge in [-0.15, -0.1) is 0 Å². The number of ether oxygens (including phenoxy) is 1. The number of aromatic carboxylic acids is 1. The molecule has 1 rings (SSSR count). The normalized spacial score (nSPS) is 9.93. The third-order valence-electron chi connectivity index (χ3n) is 1.55. The molecule has 0 aliphatic carbocycles. The number of rotatable bonds is 3. The largest absolute Gasteiger partial charge is 0.493 e. The number of carbonyl (C=O) groups is 1. The second kappa shape index (κ2) is 4.66. The van der Waals surface area contributed by atoms with Crippen LogP contribution < -0.4 is 4.74 Å². The predicted octanol–water partition coefficient (Wildman–Crippen LogP) is 3.20. The molecule has 1 aromatic carbocycles.